The van der Waals surface area contributed by atoms with Gasteiger partial charge in [0.2, 0.25) is 5.91 Å². The van der Waals surface area contributed by atoms with E-state index in [-0.39, 0.29) is 17.3 Å². The van der Waals surface area contributed by atoms with Crippen molar-refractivity contribution >= 4 is 23.0 Å². The molecule has 3 rings (SSSR count). The van der Waals surface area contributed by atoms with Crippen molar-refractivity contribution < 1.29 is 9.72 Å². The fourth-order valence-electron chi connectivity index (χ4n) is 2.68. The lowest BCUT2D eigenvalue weighted by Gasteiger charge is -2.15. The Morgan fingerprint density at radius 3 is 2.15 bits per heavy atom. The summed E-state index contributed by atoms with van der Waals surface area (Å²) in [6.45, 7) is 1.70. The Bertz CT molecular complexity index is 940. The number of carbonyl (C=O) groups excluding carboxylic acids is 1. The van der Waals surface area contributed by atoms with Gasteiger partial charge in [0.1, 0.15) is 11.7 Å². The van der Waals surface area contributed by atoms with E-state index in [2.05, 4.69) is 10.6 Å². The lowest BCUT2D eigenvalue weighted by molar-refractivity contribution is -0.383. The molecule has 1 amide bonds. The average molecular weight is 361 g/mol. The highest BCUT2D eigenvalue weighted by Gasteiger charge is 2.18. The summed E-state index contributed by atoms with van der Waals surface area (Å²) in [7, 11) is 0. The van der Waals surface area contributed by atoms with Crippen LogP contribution in [0, 0.1) is 10.1 Å². The van der Waals surface area contributed by atoms with E-state index in [1.54, 1.807) is 19.1 Å². The SMILES string of the molecule is C[C@@H](Nc1ccc(-c2ccccc2)cc1)C(=O)Nc1ccccc1[N+](=O)[O-]. The van der Waals surface area contributed by atoms with E-state index in [1.807, 2.05) is 54.6 Å². The monoisotopic (exact) mass is 361 g/mol. The van der Waals surface area contributed by atoms with Crippen LogP contribution < -0.4 is 10.6 Å². The summed E-state index contributed by atoms with van der Waals surface area (Å²) in [5.74, 6) is -0.351. The first-order valence-corrected chi connectivity index (χ1v) is 8.51. The van der Waals surface area contributed by atoms with Crippen LogP contribution in [0.2, 0.25) is 0 Å². The normalized spacial score (nSPS) is 11.4. The molecule has 0 fully saturated rings. The Morgan fingerprint density at radius 2 is 1.48 bits per heavy atom. The van der Waals surface area contributed by atoms with Crippen molar-refractivity contribution in [2.45, 2.75) is 13.0 Å². The predicted molar refractivity (Wildman–Crippen MR) is 107 cm³/mol. The van der Waals surface area contributed by atoms with Crippen LogP contribution in [0.4, 0.5) is 17.1 Å². The van der Waals surface area contributed by atoms with Gasteiger partial charge < -0.3 is 10.6 Å². The third kappa shape index (κ3) is 4.49. The Labute approximate surface area is 157 Å². The molecule has 0 unspecified atom stereocenters. The Morgan fingerprint density at radius 1 is 0.889 bits per heavy atom. The van der Waals surface area contributed by atoms with Gasteiger partial charge in [-0.3, -0.25) is 14.9 Å². The largest absolute Gasteiger partial charge is 0.374 e. The standard InChI is InChI=1S/C21H19N3O3/c1-15(21(25)23-19-9-5-6-10-20(19)24(26)27)22-18-13-11-17(12-14-18)16-7-3-2-4-8-16/h2-15,22H,1H3,(H,23,25)/t15-/m1/s1. The molecule has 3 aromatic carbocycles. The molecule has 0 aromatic heterocycles. The van der Waals surface area contributed by atoms with Crippen LogP contribution in [0.15, 0.2) is 78.9 Å². The number of benzene rings is 3. The summed E-state index contributed by atoms with van der Waals surface area (Å²) in [6, 6.07) is 23.3. The number of nitro groups is 1. The molecule has 6 heteroatoms. The summed E-state index contributed by atoms with van der Waals surface area (Å²) in [5, 5.41) is 16.8. The number of nitro benzene ring substituents is 1. The molecule has 0 bridgehead atoms. The van der Waals surface area contributed by atoms with Crippen molar-refractivity contribution in [2.75, 3.05) is 10.6 Å². The van der Waals surface area contributed by atoms with E-state index in [1.165, 1.54) is 12.1 Å². The van der Waals surface area contributed by atoms with Gasteiger partial charge in [0.05, 0.1) is 4.92 Å². The molecule has 0 heterocycles. The second-order valence-electron chi connectivity index (χ2n) is 6.07. The minimum Gasteiger partial charge on any atom is -0.374 e. The molecule has 6 nitrogen and oxygen atoms in total. The minimum atomic E-state index is -0.563. The van der Waals surface area contributed by atoms with Gasteiger partial charge >= 0.3 is 0 Å². The van der Waals surface area contributed by atoms with E-state index in [4.69, 9.17) is 0 Å². The van der Waals surface area contributed by atoms with E-state index in [9.17, 15) is 14.9 Å². The summed E-state index contributed by atoms with van der Waals surface area (Å²) in [5.41, 5.74) is 3.04. The lowest BCUT2D eigenvalue weighted by atomic mass is 10.1. The third-order valence-corrected chi connectivity index (χ3v) is 4.13. The number of nitrogens with one attached hydrogen (secondary N) is 2. The number of para-hydroxylation sites is 2. The number of hydrogen-bond donors (Lipinski definition) is 2. The molecule has 1 atom stereocenters. The zero-order valence-electron chi connectivity index (χ0n) is 14.8. The molecule has 0 saturated heterocycles. The maximum Gasteiger partial charge on any atom is 0.292 e. The van der Waals surface area contributed by atoms with Crippen molar-refractivity contribution in [3.8, 4) is 11.1 Å². The lowest BCUT2D eigenvalue weighted by Crippen LogP contribution is -2.32. The highest BCUT2D eigenvalue weighted by molar-refractivity contribution is 5.98. The quantitative estimate of drug-likeness (QED) is 0.492. The smallest absolute Gasteiger partial charge is 0.292 e. The topological polar surface area (TPSA) is 84.3 Å². The average Bonchev–Trinajstić information content (AvgIpc) is 2.69. The third-order valence-electron chi connectivity index (χ3n) is 4.13. The van der Waals surface area contributed by atoms with Gasteiger partial charge in [-0.2, -0.15) is 0 Å². The number of rotatable bonds is 6. The van der Waals surface area contributed by atoms with Gasteiger partial charge in [0.15, 0.2) is 0 Å². The van der Waals surface area contributed by atoms with Gasteiger partial charge in [-0.05, 0) is 36.2 Å². The number of carbonyl (C=O) groups is 1. The Balaban J connectivity index is 1.66. The van der Waals surface area contributed by atoms with Crippen LogP contribution >= 0.6 is 0 Å². The zero-order valence-corrected chi connectivity index (χ0v) is 14.8. The summed E-state index contributed by atoms with van der Waals surface area (Å²) in [4.78, 5) is 22.9. The number of nitrogens with zero attached hydrogens (tertiary/aromatic N) is 1. The molecule has 0 radical (unpaired) electrons. The molecule has 0 saturated carbocycles. The number of anilines is 2. The highest BCUT2D eigenvalue weighted by atomic mass is 16.6. The van der Waals surface area contributed by atoms with Gasteiger partial charge in [-0.1, -0.05) is 54.6 Å². The van der Waals surface area contributed by atoms with Gasteiger partial charge in [0.25, 0.3) is 5.69 Å². The van der Waals surface area contributed by atoms with Crippen molar-refractivity contribution in [3.05, 3.63) is 89.0 Å². The maximum atomic E-state index is 12.4. The molecule has 0 spiro atoms. The van der Waals surface area contributed by atoms with Crippen LogP contribution in [0.3, 0.4) is 0 Å². The Hall–Kier alpha value is -3.67. The van der Waals surface area contributed by atoms with E-state index in [0.717, 1.165) is 16.8 Å². The van der Waals surface area contributed by atoms with Gasteiger partial charge in [-0.25, -0.2) is 0 Å². The first-order chi connectivity index (χ1) is 13.0. The second kappa shape index (κ2) is 8.14. The van der Waals surface area contributed by atoms with Crippen LogP contribution in [0.1, 0.15) is 6.92 Å². The van der Waals surface area contributed by atoms with Crippen molar-refractivity contribution in [3.63, 3.8) is 0 Å². The van der Waals surface area contributed by atoms with E-state index in [0.29, 0.717) is 0 Å². The molecule has 27 heavy (non-hydrogen) atoms. The van der Waals surface area contributed by atoms with Gasteiger partial charge in [0, 0.05) is 11.8 Å². The van der Waals surface area contributed by atoms with Crippen LogP contribution in [-0.2, 0) is 4.79 Å². The first kappa shape index (κ1) is 18.1. The molecule has 0 aliphatic rings. The van der Waals surface area contributed by atoms with E-state index < -0.39 is 11.0 Å². The molecule has 2 N–H and O–H groups in total. The summed E-state index contributed by atoms with van der Waals surface area (Å²) in [6.07, 6.45) is 0. The fraction of sp³-hybridized carbons (Fsp3) is 0.0952. The van der Waals surface area contributed by atoms with Crippen LogP contribution in [0.5, 0.6) is 0 Å². The van der Waals surface area contributed by atoms with Crippen molar-refractivity contribution in [2.24, 2.45) is 0 Å². The maximum absolute atomic E-state index is 12.4. The number of hydrogen-bond acceptors (Lipinski definition) is 4. The zero-order chi connectivity index (χ0) is 19.2. The molecule has 3 aromatic rings. The molecule has 0 aliphatic carbocycles. The van der Waals surface area contributed by atoms with Crippen LogP contribution in [-0.4, -0.2) is 16.9 Å². The molecule has 136 valence electrons. The van der Waals surface area contributed by atoms with E-state index >= 15 is 0 Å². The predicted octanol–water partition coefficient (Wildman–Crippen LogP) is 4.70. The minimum absolute atomic E-state index is 0.134. The first-order valence-electron chi connectivity index (χ1n) is 8.51. The Kier molecular flexibility index (Phi) is 5.47. The van der Waals surface area contributed by atoms with Crippen molar-refractivity contribution in [1.82, 2.24) is 0 Å². The molecule has 0 aliphatic heterocycles. The molecular weight excluding hydrogens is 342 g/mol. The van der Waals surface area contributed by atoms with Gasteiger partial charge in [-0.15, -0.1) is 0 Å². The molecular formula is C21H19N3O3. The highest BCUT2D eigenvalue weighted by Crippen LogP contribution is 2.24. The number of amides is 1. The summed E-state index contributed by atoms with van der Waals surface area (Å²) >= 11 is 0. The van der Waals surface area contributed by atoms with Crippen molar-refractivity contribution in [1.29, 1.82) is 0 Å². The second-order valence-corrected chi connectivity index (χ2v) is 6.07. The fourth-order valence-corrected chi connectivity index (χ4v) is 2.68. The van der Waals surface area contributed by atoms with Crippen LogP contribution in [0.25, 0.3) is 11.1 Å². The summed E-state index contributed by atoms with van der Waals surface area (Å²) < 4.78 is 0.